The van der Waals surface area contributed by atoms with Crippen molar-refractivity contribution in [2.75, 3.05) is 7.11 Å². The van der Waals surface area contributed by atoms with E-state index in [1.54, 1.807) is 36.8 Å². The Balaban J connectivity index is 1.86. The van der Waals surface area contributed by atoms with Gasteiger partial charge in [-0.25, -0.2) is 4.98 Å². The molecule has 0 bridgehead atoms. The minimum Gasteiger partial charge on any atom is -0.496 e. The lowest BCUT2D eigenvalue weighted by molar-refractivity contribution is 0.0944. The molecule has 6 heteroatoms. The number of halogens is 1. The van der Waals surface area contributed by atoms with Crippen molar-refractivity contribution in [3.8, 4) is 5.75 Å². The molecular weight excluding hydrogens is 314 g/mol. The van der Waals surface area contributed by atoms with Crippen molar-refractivity contribution >= 4 is 23.2 Å². The SMILES string of the molecule is COc1ccccc1CNC(=O)c1c(C)nc2ccc(Cl)cn12. The summed E-state index contributed by atoms with van der Waals surface area (Å²) in [5, 5.41) is 3.46. The highest BCUT2D eigenvalue weighted by molar-refractivity contribution is 6.30. The van der Waals surface area contributed by atoms with Crippen LogP contribution in [0.5, 0.6) is 5.75 Å². The molecule has 0 saturated carbocycles. The van der Waals surface area contributed by atoms with Gasteiger partial charge in [-0.2, -0.15) is 0 Å². The van der Waals surface area contributed by atoms with E-state index in [-0.39, 0.29) is 5.91 Å². The second kappa shape index (κ2) is 6.30. The Kier molecular flexibility index (Phi) is 4.21. The highest BCUT2D eigenvalue weighted by Crippen LogP contribution is 2.18. The molecule has 0 atom stereocenters. The molecule has 3 rings (SSSR count). The summed E-state index contributed by atoms with van der Waals surface area (Å²) in [6.45, 7) is 2.18. The van der Waals surface area contributed by atoms with E-state index in [1.807, 2.05) is 24.3 Å². The van der Waals surface area contributed by atoms with E-state index in [2.05, 4.69) is 10.3 Å². The molecule has 2 aromatic heterocycles. The van der Waals surface area contributed by atoms with Crippen molar-refractivity contribution in [3.05, 3.63) is 64.6 Å². The summed E-state index contributed by atoms with van der Waals surface area (Å²) in [4.78, 5) is 17.0. The van der Waals surface area contributed by atoms with Gasteiger partial charge in [-0.15, -0.1) is 0 Å². The van der Waals surface area contributed by atoms with Crippen LogP contribution in [0.25, 0.3) is 5.65 Å². The first-order chi connectivity index (χ1) is 11.1. The molecule has 2 heterocycles. The molecule has 0 unspecified atom stereocenters. The number of pyridine rings is 1. The molecule has 0 spiro atoms. The Morgan fingerprint density at radius 3 is 2.87 bits per heavy atom. The normalized spacial score (nSPS) is 10.7. The minimum absolute atomic E-state index is 0.205. The summed E-state index contributed by atoms with van der Waals surface area (Å²) < 4.78 is 7.00. The van der Waals surface area contributed by atoms with Crippen LogP contribution in [-0.4, -0.2) is 22.4 Å². The number of benzene rings is 1. The number of fused-ring (bicyclic) bond motifs is 1. The van der Waals surface area contributed by atoms with Gasteiger partial charge in [-0.1, -0.05) is 29.8 Å². The van der Waals surface area contributed by atoms with Crippen molar-refractivity contribution < 1.29 is 9.53 Å². The summed E-state index contributed by atoms with van der Waals surface area (Å²) in [5.74, 6) is 0.536. The fraction of sp³-hybridized carbons (Fsp3) is 0.176. The first-order valence-electron chi connectivity index (χ1n) is 7.14. The topological polar surface area (TPSA) is 55.6 Å². The minimum atomic E-state index is -0.205. The fourth-order valence-electron chi connectivity index (χ4n) is 2.52. The Morgan fingerprint density at radius 2 is 2.09 bits per heavy atom. The molecule has 23 heavy (non-hydrogen) atoms. The number of imidazole rings is 1. The Hall–Kier alpha value is -2.53. The van der Waals surface area contributed by atoms with Gasteiger partial charge in [0.15, 0.2) is 0 Å². The van der Waals surface area contributed by atoms with Crippen LogP contribution in [-0.2, 0) is 6.54 Å². The van der Waals surface area contributed by atoms with Gasteiger partial charge in [0, 0.05) is 18.3 Å². The zero-order valence-corrected chi connectivity index (χ0v) is 13.6. The van der Waals surface area contributed by atoms with Crippen molar-refractivity contribution in [1.29, 1.82) is 0 Å². The molecule has 5 nitrogen and oxygen atoms in total. The molecular formula is C17H16ClN3O2. The summed E-state index contributed by atoms with van der Waals surface area (Å²) in [7, 11) is 1.61. The fourth-order valence-corrected chi connectivity index (χ4v) is 2.68. The van der Waals surface area contributed by atoms with Gasteiger partial charge >= 0.3 is 0 Å². The molecule has 1 aromatic carbocycles. The van der Waals surface area contributed by atoms with Crippen LogP contribution in [0.3, 0.4) is 0 Å². The number of amides is 1. The predicted octanol–water partition coefficient (Wildman–Crippen LogP) is 3.23. The van der Waals surface area contributed by atoms with E-state index >= 15 is 0 Å². The molecule has 1 N–H and O–H groups in total. The third-order valence-electron chi connectivity index (χ3n) is 3.60. The van der Waals surface area contributed by atoms with Crippen LogP contribution >= 0.6 is 11.6 Å². The van der Waals surface area contributed by atoms with Crippen LogP contribution in [0.2, 0.25) is 5.02 Å². The van der Waals surface area contributed by atoms with Gasteiger partial charge < -0.3 is 10.1 Å². The van der Waals surface area contributed by atoms with Crippen molar-refractivity contribution in [1.82, 2.24) is 14.7 Å². The maximum atomic E-state index is 12.6. The molecule has 0 aliphatic heterocycles. The molecule has 3 aromatic rings. The average Bonchev–Trinajstić information content (AvgIpc) is 2.88. The van der Waals surface area contributed by atoms with Crippen molar-refractivity contribution in [2.24, 2.45) is 0 Å². The lowest BCUT2D eigenvalue weighted by Gasteiger charge is -2.10. The summed E-state index contributed by atoms with van der Waals surface area (Å²) in [5.41, 5.74) is 2.74. The number of rotatable bonds is 4. The molecule has 0 fully saturated rings. The third kappa shape index (κ3) is 3.00. The molecule has 0 saturated heterocycles. The number of hydrogen-bond donors (Lipinski definition) is 1. The van der Waals surface area contributed by atoms with Gasteiger partial charge in [-0.3, -0.25) is 9.20 Å². The molecule has 1 amide bonds. The van der Waals surface area contributed by atoms with Crippen molar-refractivity contribution in [2.45, 2.75) is 13.5 Å². The number of methoxy groups -OCH3 is 1. The quantitative estimate of drug-likeness (QED) is 0.799. The van der Waals surface area contributed by atoms with E-state index in [9.17, 15) is 4.79 Å². The van der Waals surface area contributed by atoms with E-state index in [0.29, 0.717) is 28.6 Å². The zero-order chi connectivity index (χ0) is 16.4. The summed E-state index contributed by atoms with van der Waals surface area (Å²) >= 11 is 6.02. The van der Waals surface area contributed by atoms with Gasteiger partial charge in [-0.05, 0) is 25.1 Å². The first kappa shape index (κ1) is 15.4. The summed E-state index contributed by atoms with van der Waals surface area (Å²) in [6, 6.07) is 11.1. The molecule has 0 radical (unpaired) electrons. The number of carbonyl (C=O) groups is 1. The number of ether oxygens (including phenoxy) is 1. The molecule has 0 aliphatic carbocycles. The maximum absolute atomic E-state index is 12.6. The Labute approximate surface area is 138 Å². The second-order valence-electron chi connectivity index (χ2n) is 5.12. The smallest absolute Gasteiger partial charge is 0.270 e. The number of aryl methyl sites for hydroxylation is 1. The predicted molar refractivity (Wildman–Crippen MR) is 89.1 cm³/mol. The standard InChI is InChI=1S/C17H16ClN3O2/c1-11-16(21-10-13(18)7-8-15(21)20-11)17(22)19-9-12-5-3-4-6-14(12)23-2/h3-8,10H,9H2,1-2H3,(H,19,22). The number of aromatic nitrogens is 2. The van der Waals surface area contributed by atoms with Gasteiger partial charge in [0.05, 0.1) is 17.8 Å². The molecule has 118 valence electrons. The monoisotopic (exact) mass is 329 g/mol. The van der Waals surface area contributed by atoms with Crippen LogP contribution in [0, 0.1) is 6.92 Å². The van der Waals surface area contributed by atoms with E-state index in [0.717, 1.165) is 11.3 Å². The summed E-state index contributed by atoms with van der Waals surface area (Å²) in [6.07, 6.45) is 1.69. The van der Waals surface area contributed by atoms with E-state index in [1.165, 1.54) is 0 Å². The number of para-hydroxylation sites is 1. The van der Waals surface area contributed by atoms with Gasteiger partial charge in [0.2, 0.25) is 0 Å². The van der Waals surface area contributed by atoms with Crippen LogP contribution in [0.1, 0.15) is 21.7 Å². The van der Waals surface area contributed by atoms with Gasteiger partial charge in [0.25, 0.3) is 5.91 Å². The largest absolute Gasteiger partial charge is 0.496 e. The number of nitrogens with one attached hydrogen (secondary N) is 1. The second-order valence-corrected chi connectivity index (χ2v) is 5.55. The molecule has 0 aliphatic rings. The number of carbonyl (C=O) groups excluding carboxylic acids is 1. The first-order valence-corrected chi connectivity index (χ1v) is 7.52. The van der Waals surface area contributed by atoms with Crippen LogP contribution in [0.4, 0.5) is 0 Å². The maximum Gasteiger partial charge on any atom is 0.270 e. The van der Waals surface area contributed by atoms with E-state index < -0.39 is 0 Å². The van der Waals surface area contributed by atoms with Crippen LogP contribution < -0.4 is 10.1 Å². The highest BCUT2D eigenvalue weighted by Gasteiger charge is 2.17. The zero-order valence-electron chi connectivity index (χ0n) is 12.8. The third-order valence-corrected chi connectivity index (χ3v) is 3.83. The lowest BCUT2D eigenvalue weighted by Crippen LogP contribution is -2.25. The van der Waals surface area contributed by atoms with Crippen molar-refractivity contribution in [3.63, 3.8) is 0 Å². The Morgan fingerprint density at radius 1 is 1.30 bits per heavy atom. The number of hydrogen-bond acceptors (Lipinski definition) is 3. The van der Waals surface area contributed by atoms with E-state index in [4.69, 9.17) is 16.3 Å². The van der Waals surface area contributed by atoms with Crippen LogP contribution in [0.15, 0.2) is 42.6 Å². The Bertz CT molecular complexity index is 873. The van der Waals surface area contributed by atoms with Gasteiger partial charge in [0.1, 0.15) is 17.1 Å². The lowest BCUT2D eigenvalue weighted by atomic mass is 10.2. The number of nitrogens with zero attached hydrogens (tertiary/aromatic N) is 2. The highest BCUT2D eigenvalue weighted by atomic mass is 35.5. The average molecular weight is 330 g/mol.